The van der Waals surface area contributed by atoms with Gasteiger partial charge in [-0.15, -0.1) is 0 Å². The molecule has 2 aliphatic rings. The second kappa shape index (κ2) is 9.87. The first-order valence-electron chi connectivity index (χ1n) is 12.3. The van der Waals surface area contributed by atoms with E-state index in [4.69, 9.17) is 14.5 Å². The highest BCUT2D eigenvalue weighted by molar-refractivity contribution is 5.95. The quantitative estimate of drug-likeness (QED) is 0.404. The van der Waals surface area contributed by atoms with Crippen molar-refractivity contribution in [2.75, 3.05) is 38.3 Å². The van der Waals surface area contributed by atoms with Gasteiger partial charge in [0.05, 0.1) is 43.1 Å². The van der Waals surface area contributed by atoms with Crippen molar-refractivity contribution in [3.63, 3.8) is 0 Å². The number of methoxy groups -OCH3 is 1. The standard InChI is InChI=1S/C26H32N4O6/c1-3-17-13-29(19-5-4-6-21(31)25(19)32)9-8-28(17)15-23-27-24-20(30(23)14-18-7-10-36-18)11-16(26(33)34)12-22(24)35-2/h4-6,11-12,17-18,31-32H,3,7-10,13-15H2,1-2H3,(H,33,34). The van der Waals surface area contributed by atoms with Gasteiger partial charge in [0.2, 0.25) is 0 Å². The van der Waals surface area contributed by atoms with Crippen molar-refractivity contribution in [1.29, 1.82) is 0 Å². The van der Waals surface area contributed by atoms with E-state index < -0.39 is 5.97 Å². The molecule has 3 heterocycles. The fourth-order valence-corrected chi connectivity index (χ4v) is 5.14. The second-order valence-electron chi connectivity index (χ2n) is 9.39. The molecule has 0 bridgehead atoms. The van der Waals surface area contributed by atoms with Crippen LogP contribution in [0.2, 0.25) is 0 Å². The van der Waals surface area contributed by atoms with Crippen molar-refractivity contribution >= 4 is 22.7 Å². The van der Waals surface area contributed by atoms with Gasteiger partial charge in [-0.05, 0) is 37.1 Å². The number of imidazole rings is 1. The van der Waals surface area contributed by atoms with Crippen LogP contribution in [-0.4, -0.2) is 81.2 Å². The molecule has 2 unspecified atom stereocenters. The molecular formula is C26H32N4O6. The van der Waals surface area contributed by atoms with Gasteiger partial charge >= 0.3 is 5.97 Å². The number of para-hydroxylation sites is 1. The molecule has 0 saturated carbocycles. The first-order chi connectivity index (χ1) is 17.4. The summed E-state index contributed by atoms with van der Waals surface area (Å²) >= 11 is 0. The van der Waals surface area contributed by atoms with Crippen LogP contribution < -0.4 is 9.64 Å². The molecule has 192 valence electrons. The summed E-state index contributed by atoms with van der Waals surface area (Å²) in [4.78, 5) is 21.2. The fraction of sp³-hybridized carbons (Fsp3) is 0.462. The average Bonchev–Trinajstić information content (AvgIpc) is 3.19. The van der Waals surface area contributed by atoms with Crippen LogP contribution in [0.4, 0.5) is 5.69 Å². The smallest absolute Gasteiger partial charge is 0.335 e. The Kier molecular flexibility index (Phi) is 6.63. The number of phenolic OH excluding ortho intramolecular Hbond substituents is 2. The third-order valence-corrected chi connectivity index (χ3v) is 7.30. The number of nitrogens with zero attached hydrogens (tertiary/aromatic N) is 4. The molecule has 0 spiro atoms. The third kappa shape index (κ3) is 4.42. The van der Waals surface area contributed by atoms with E-state index in [1.165, 1.54) is 19.2 Å². The topological polar surface area (TPSA) is 121 Å². The zero-order valence-electron chi connectivity index (χ0n) is 20.6. The lowest BCUT2D eigenvalue weighted by atomic mass is 10.1. The van der Waals surface area contributed by atoms with Crippen LogP contribution in [-0.2, 0) is 17.8 Å². The number of anilines is 1. The van der Waals surface area contributed by atoms with Crippen LogP contribution in [0.1, 0.15) is 35.9 Å². The summed E-state index contributed by atoms with van der Waals surface area (Å²) in [6.45, 7) is 6.19. The van der Waals surface area contributed by atoms with Crippen molar-refractivity contribution in [3.8, 4) is 17.2 Å². The number of carboxylic acids is 1. The first-order valence-corrected chi connectivity index (χ1v) is 12.3. The maximum atomic E-state index is 11.8. The minimum atomic E-state index is -1.01. The summed E-state index contributed by atoms with van der Waals surface area (Å²) in [6, 6.07) is 8.41. The maximum absolute atomic E-state index is 11.8. The number of rotatable bonds is 8. The fourth-order valence-electron chi connectivity index (χ4n) is 5.14. The summed E-state index contributed by atoms with van der Waals surface area (Å²) in [5.41, 5.74) is 2.17. The van der Waals surface area contributed by atoms with E-state index in [2.05, 4.69) is 21.3 Å². The molecule has 1 aromatic heterocycles. The Labute approximate surface area is 209 Å². The third-order valence-electron chi connectivity index (χ3n) is 7.30. The van der Waals surface area contributed by atoms with Crippen molar-refractivity contribution in [2.45, 2.75) is 45.0 Å². The number of fused-ring (bicyclic) bond motifs is 1. The van der Waals surface area contributed by atoms with Crippen LogP contribution in [0.5, 0.6) is 17.2 Å². The highest BCUT2D eigenvalue weighted by Gasteiger charge is 2.30. The van der Waals surface area contributed by atoms with Gasteiger partial charge in [0, 0.05) is 32.3 Å². The Bertz CT molecular complexity index is 1270. The number of aromatic nitrogens is 2. The number of aromatic carboxylic acids is 1. The molecule has 3 N–H and O–H groups in total. The summed E-state index contributed by atoms with van der Waals surface area (Å²) in [5, 5.41) is 29.9. The first kappa shape index (κ1) is 24.2. The number of hydrogen-bond donors (Lipinski definition) is 3. The summed E-state index contributed by atoms with van der Waals surface area (Å²) < 4.78 is 13.3. The zero-order valence-corrected chi connectivity index (χ0v) is 20.6. The number of piperazine rings is 1. The summed E-state index contributed by atoms with van der Waals surface area (Å²) in [7, 11) is 1.53. The number of ether oxygens (including phenoxy) is 2. The highest BCUT2D eigenvalue weighted by Crippen LogP contribution is 2.37. The minimum Gasteiger partial charge on any atom is -0.504 e. The van der Waals surface area contributed by atoms with Gasteiger partial charge in [0.15, 0.2) is 11.5 Å². The lowest BCUT2D eigenvalue weighted by Crippen LogP contribution is -2.52. The largest absolute Gasteiger partial charge is 0.504 e. The van der Waals surface area contributed by atoms with Gasteiger partial charge in [-0.2, -0.15) is 0 Å². The molecule has 2 fully saturated rings. The Balaban J connectivity index is 1.46. The number of hydrogen-bond acceptors (Lipinski definition) is 8. The molecule has 5 rings (SSSR count). The van der Waals surface area contributed by atoms with Crippen LogP contribution >= 0.6 is 0 Å². The lowest BCUT2D eigenvalue weighted by Gasteiger charge is -2.42. The van der Waals surface area contributed by atoms with Gasteiger partial charge in [0.25, 0.3) is 0 Å². The van der Waals surface area contributed by atoms with Gasteiger partial charge in [-0.3, -0.25) is 4.90 Å². The molecule has 36 heavy (non-hydrogen) atoms. The predicted molar refractivity (Wildman–Crippen MR) is 134 cm³/mol. The van der Waals surface area contributed by atoms with E-state index >= 15 is 0 Å². The SMILES string of the molecule is CCC1CN(c2cccc(O)c2O)CCN1Cc1nc2c(OC)cc(C(=O)O)cc2n1CC1CCO1. The normalized spacial score (nSPS) is 20.4. The molecule has 3 aromatic rings. The minimum absolute atomic E-state index is 0.0770. The summed E-state index contributed by atoms with van der Waals surface area (Å²) in [5.74, 6) is 0.0554. The van der Waals surface area contributed by atoms with E-state index in [1.54, 1.807) is 12.1 Å². The molecule has 2 saturated heterocycles. The van der Waals surface area contributed by atoms with E-state index in [1.807, 2.05) is 6.07 Å². The van der Waals surface area contributed by atoms with Crippen LogP contribution in [0.15, 0.2) is 30.3 Å². The van der Waals surface area contributed by atoms with Crippen LogP contribution in [0.25, 0.3) is 11.0 Å². The van der Waals surface area contributed by atoms with Gasteiger partial charge < -0.3 is 34.3 Å². The van der Waals surface area contributed by atoms with E-state index in [0.29, 0.717) is 43.1 Å². The Morgan fingerprint density at radius 3 is 2.72 bits per heavy atom. The van der Waals surface area contributed by atoms with E-state index in [9.17, 15) is 20.1 Å². The molecule has 0 aliphatic carbocycles. The average molecular weight is 497 g/mol. The number of aromatic hydroxyl groups is 2. The molecule has 0 amide bonds. The molecule has 2 aliphatic heterocycles. The number of carbonyl (C=O) groups is 1. The molecular weight excluding hydrogens is 464 g/mol. The Morgan fingerprint density at radius 1 is 1.25 bits per heavy atom. The highest BCUT2D eigenvalue weighted by atomic mass is 16.5. The Morgan fingerprint density at radius 2 is 2.06 bits per heavy atom. The predicted octanol–water partition coefficient (Wildman–Crippen LogP) is 3.04. The van der Waals surface area contributed by atoms with Crippen LogP contribution in [0.3, 0.4) is 0 Å². The second-order valence-corrected chi connectivity index (χ2v) is 9.39. The number of benzene rings is 2. The van der Waals surface area contributed by atoms with Gasteiger partial charge in [-0.25, -0.2) is 9.78 Å². The molecule has 2 atom stereocenters. The van der Waals surface area contributed by atoms with Crippen LogP contribution in [0, 0.1) is 0 Å². The number of carboxylic acid groups (broad SMARTS) is 1. The van der Waals surface area contributed by atoms with Gasteiger partial charge in [0.1, 0.15) is 17.1 Å². The van der Waals surface area contributed by atoms with Crippen molar-refractivity contribution in [2.24, 2.45) is 0 Å². The van der Waals surface area contributed by atoms with E-state index in [-0.39, 0.29) is 29.2 Å². The molecule has 10 nitrogen and oxygen atoms in total. The van der Waals surface area contributed by atoms with E-state index in [0.717, 1.165) is 37.3 Å². The number of phenols is 2. The Hall–Kier alpha value is -3.50. The lowest BCUT2D eigenvalue weighted by molar-refractivity contribution is -0.0592. The van der Waals surface area contributed by atoms with Crippen molar-refractivity contribution in [1.82, 2.24) is 14.5 Å². The molecule has 10 heteroatoms. The summed E-state index contributed by atoms with van der Waals surface area (Å²) in [6.07, 6.45) is 1.93. The maximum Gasteiger partial charge on any atom is 0.335 e. The zero-order chi connectivity index (χ0) is 25.4. The van der Waals surface area contributed by atoms with Gasteiger partial charge in [-0.1, -0.05) is 13.0 Å². The monoisotopic (exact) mass is 496 g/mol. The van der Waals surface area contributed by atoms with Crippen molar-refractivity contribution < 1.29 is 29.6 Å². The molecule has 2 aromatic carbocycles. The van der Waals surface area contributed by atoms with Crippen molar-refractivity contribution in [3.05, 3.63) is 41.7 Å². The molecule has 0 radical (unpaired) electrons.